The van der Waals surface area contributed by atoms with Gasteiger partial charge in [-0.2, -0.15) is 0 Å². The third-order valence-electron chi connectivity index (χ3n) is 3.05. The number of aliphatic hydroxyl groups excluding tert-OH is 1. The zero-order chi connectivity index (χ0) is 11.5. The van der Waals surface area contributed by atoms with E-state index in [0.717, 1.165) is 18.4 Å². The van der Waals surface area contributed by atoms with Gasteiger partial charge in [0.2, 0.25) is 0 Å². The first-order valence-electron chi connectivity index (χ1n) is 5.69. The quantitative estimate of drug-likeness (QED) is 0.804. The predicted octanol–water partition coefficient (Wildman–Crippen LogP) is 1.13. The third kappa shape index (κ3) is 2.51. The lowest BCUT2D eigenvalue weighted by atomic mass is 10.0. The Kier molecular flexibility index (Phi) is 3.41. The minimum atomic E-state index is -0.489. The van der Waals surface area contributed by atoms with Crippen LogP contribution in [-0.4, -0.2) is 28.4 Å². The molecular weight excluding hydrogens is 204 g/mol. The largest absolute Gasteiger partial charge is 0.390 e. The molecule has 0 spiro atoms. The molecule has 16 heavy (non-hydrogen) atoms. The molecule has 0 aromatic carbocycles. The average Bonchev–Trinajstić information content (AvgIpc) is 2.68. The molecule has 0 saturated carbocycles. The fourth-order valence-corrected chi connectivity index (χ4v) is 2.10. The molecular formula is C12H18N2O2. The van der Waals surface area contributed by atoms with Crippen LogP contribution in [0.5, 0.6) is 0 Å². The van der Waals surface area contributed by atoms with Crippen molar-refractivity contribution in [2.45, 2.75) is 44.5 Å². The van der Waals surface area contributed by atoms with E-state index in [1.54, 1.807) is 6.20 Å². The van der Waals surface area contributed by atoms with Crippen LogP contribution in [0.3, 0.4) is 0 Å². The number of hydrogen-bond donors (Lipinski definition) is 2. The van der Waals surface area contributed by atoms with Crippen LogP contribution in [0.1, 0.15) is 25.3 Å². The number of nitrogen functional groups attached to an aromatic ring is 1. The summed E-state index contributed by atoms with van der Waals surface area (Å²) in [5.41, 5.74) is 6.62. The van der Waals surface area contributed by atoms with Gasteiger partial charge in [0.25, 0.3) is 0 Å². The van der Waals surface area contributed by atoms with Crippen LogP contribution in [0.15, 0.2) is 18.3 Å². The molecule has 1 aliphatic rings. The van der Waals surface area contributed by atoms with Gasteiger partial charge in [0.1, 0.15) is 5.82 Å². The summed E-state index contributed by atoms with van der Waals surface area (Å²) in [6.07, 6.45) is 3.81. The van der Waals surface area contributed by atoms with Crippen LogP contribution >= 0.6 is 0 Å². The first kappa shape index (κ1) is 11.4. The molecule has 1 fully saturated rings. The van der Waals surface area contributed by atoms with E-state index in [0.29, 0.717) is 12.2 Å². The van der Waals surface area contributed by atoms with Crippen molar-refractivity contribution in [2.75, 3.05) is 5.73 Å². The van der Waals surface area contributed by atoms with Crippen LogP contribution < -0.4 is 5.73 Å². The average molecular weight is 222 g/mol. The Balaban J connectivity index is 1.97. The minimum absolute atomic E-state index is 0.0605. The Morgan fingerprint density at radius 3 is 3.06 bits per heavy atom. The lowest BCUT2D eigenvalue weighted by molar-refractivity contribution is -0.0278. The highest BCUT2D eigenvalue weighted by atomic mass is 16.5. The highest BCUT2D eigenvalue weighted by Crippen LogP contribution is 2.24. The summed E-state index contributed by atoms with van der Waals surface area (Å²) >= 11 is 0. The first-order chi connectivity index (χ1) is 7.66. The van der Waals surface area contributed by atoms with E-state index in [2.05, 4.69) is 4.98 Å². The number of nitrogens with two attached hydrogens (primary N) is 1. The summed E-state index contributed by atoms with van der Waals surface area (Å²) in [6.45, 7) is 2.03. The Labute approximate surface area is 95.4 Å². The SMILES string of the molecule is CC1CCC(C(O)Cc2cccnc2N)O1. The molecule has 1 saturated heterocycles. The molecule has 0 radical (unpaired) electrons. The highest BCUT2D eigenvalue weighted by molar-refractivity contribution is 5.38. The Morgan fingerprint density at radius 1 is 1.62 bits per heavy atom. The molecule has 1 aromatic rings. The summed E-state index contributed by atoms with van der Waals surface area (Å²) in [7, 11) is 0. The van der Waals surface area contributed by atoms with Crippen molar-refractivity contribution in [3.05, 3.63) is 23.9 Å². The van der Waals surface area contributed by atoms with Crippen molar-refractivity contribution in [1.82, 2.24) is 4.98 Å². The molecule has 0 aliphatic carbocycles. The minimum Gasteiger partial charge on any atom is -0.390 e. The number of anilines is 1. The van der Waals surface area contributed by atoms with E-state index >= 15 is 0 Å². The second-order valence-corrected chi connectivity index (χ2v) is 4.38. The second-order valence-electron chi connectivity index (χ2n) is 4.38. The van der Waals surface area contributed by atoms with Gasteiger partial charge in [-0.1, -0.05) is 6.07 Å². The van der Waals surface area contributed by atoms with Gasteiger partial charge in [0.05, 0.1) is 18.3 Å². The van der Waals surface area contributed by atoms with Crippen LogP contribution in [0.25, 0.3) is 0 Å². The molecule has 4 heteroatoms. The number of ether oxygens (including phenoxy) is 1. The maximum atomic E-state index is 10.0. The molecule has 3 atom stereocenters. The molecule has 3 N–H and O–H groups in total. The van der Waals surface area contributed by atoms with Gasteiger partial charge in [-0.25, -0.2) is 4.98 Å². The Bertz CT molecular complexity index is 357. The number of pyridine rings is 1. The molecule has 4 nitrogen and oxygen atoms in total. The normalized spacial score (nSPS) is 26.9. The van der Waals surface area contributed by atoms with Gasteiger partial charge in [0.15, 0.2) is 0 Å². The summed E-state index contributed by atoms with van der Waals surface area (Å²) in [6, 6.07) is 3.72. The summed E-state index contributed by atoms with van der Waals surface area (Å²) in [4.78, 5) is 4.00. The van der Waals surface area contributed by atoms with Gasteiger partial charge >= 0.3 is 0 Å². The zero-order valence-electron chi connectivity index (χ0n) is 9.47. The van der Waals surface area contributed by atoms with E-state index < -0.39 is 6.10 Å². The molecule has 1 aromatic heterocycles. The Hall–Kier alpha value is -1.13. The molecule has 2 heterocycles. The topological polar surface area (TPSA) is 68.4 Å². The fourth-order valence-electron chi connectivity index (χ4n) is 2.10. The van der Waals surface area contributed by atoms with Crippen molar-refractivity contribution < 1.29 is 9.84 Å². The predicted molar refractivity (Wildman–Crippen MR) is 61.9 cm³/mol. The summed E-state index contributed by atoms with van der Waals surface area (Å²) < 4.78 is 5.62. The molecule has 0 amide bonds. The zero-order valence-corrected chi connectivity index (χ0v) is 9.47. The highest BCUT2D eigenvalue weighted by Gasteiger charge is 2.28. The third-order valence-corrected chi connectivity index (χ3v) is 3.05. The van der Waals surface area contributed by atoms with Gasteiger partial charge in [-0.15, -0.1) is 0 Å². The van der Waals surface area contributed by atoms with E-state index in [4.69, 9.17) is 10.5 Å². The molecule has 88 valence electrons. The van der Waals surface area contributed by atoms with Gasteiger partial charge in [0, 0.05) is 12.6 Å². The van der Waals surface area contributed by atoms with Gasteiger partial charge in [-0.05, 0) is 31.4 Å². The molecule has 3 unspecified atom stereocenters. The molecule has 2 rings (SSSR count). The lowest BCUT2D eigenvalue weighted by Gasteiger charge is -2.18. The van der Waals surface area contributed by atoms with E-state index in [-0.39, 0.29) is 12.2 Å². The van der Waals surface area contributed by atoms with E-state index in [9.17, 15) is 5.11 Å². The summed E-state index contributed by atoms with van der Waals surface area (Å²) in [5.74, 6) is 0.493. The van der Waals surface area contributed by atoms with Crippen LogP contribution in [0.4, 0.5) is 5.82 Å². The number of nitrogens with zero attached hydrogens (tertiary/aromatic N) is 1. The van der Waals surface area contributed by atoms with Crippen molar-refractivity contribution in [1.29, 1.82) is 0 Å². The first-order valence-corrected chi connectivity index (χ1v) is 5.69. The smallest absolute Gasteiger partial charge is 0.126 e. The van der Waals surface area contributed by atoms with E-state index in [1.165, 1.54) is 0 Å². The van der Waals surface area contributed by atoms with Crippen LogP contribution in [0.2, 0.25) is 0 Å². The second kappa shape index (κ2) is 4.80. The standard InChI is InChI=1S/C12H18N2O2/c1-8-4-5-11(16-8)10(15)7-9-3-2-6-14-12(9)13/h2-3,6,8,10-11,15H,4-5,7H2,1H3,(H2,13,14). The van der Waals surface area contributed by atoms with Crippen LogP contribution in [0, 0.1) is 0 Å². The Morgan fingerprint density at radius 2 is 2.44 bits per heavy atom. The molecule has 0 bridgehead atoms. The number of hydrogen-bond acceptors (Lipinski definition) is 4. The number of aromatic nitrogens is 1. The van der Waals surface area contributed by atoms with Crippen molar-refractivity contribution in [3.8, 4) is 0 Å². The van der Waals surface area contributed by atoms with Crippen molar-refractivity contribution in [2.24, 2.45) is 0 Å². The van der Waals surface area contributed by atoms with Crippen molar-refractivity contribution >= 4 is 5.82 Å². The maximum absolute atomic E-state index is 10.0. The molecule has 1 aliphatic heterocycles. The van der Waals surface area contributed by atoms with Crippen molar-refractivity contribution in [3.63, 3.8) is 0 Å². The summed E-state index contributed by atoms with van der Waals surface area (Å²) in [5, 5.41) is 10.0. The number of aliphatic hydroxyl groups is 1. The maximum Gasteiger partial charge on any atom is 0.126 e. The van der Waals surface area contributed by atoms with Gasteiger partial charge < -0.3 is 15.6 Å². The monoisotopic (exact) mass is 222 g/mol. The van der Waals surface area contributed by atoms with Crippen LogP contribution in [-0.2, 0) is 11.2 Å². The number of rotatable bonds is 3. The van der Waals surface area contributed by atoms with E-state index in [1.807, 2.05) is 19.1 Å². The van der Waals surface area contributed by atoms with Gasteiger partial charge in [-0.3, -0.25) is 0 Å². The fraction of sp³-hybridized carbons (Fsp3) is 0.583. The lowest BCUT2D eigenvalue weighted by Crippen LogP contribution is -2.28.